The highest BCUT2D eigenvalue weighted by Gasteiger charge is 2.08. The summed E-state index contributed by atoms with van der Waals surface area (Å²) >= 11 is 0. The topological polar surface area (TPSA) is 54.5 Å². The quantitative estimate of drug-likeness (QED) is 0.855. The number of amides is 2. The van der Waals surface area contributed by atoms with Crippen LogP contribution in [0.1, 0.15) is 18.2 Å². The molecule has 0 aliphatic rings. The molecule has 1 aromatic carbocycles. The Morgan fingerprint density at radius 1 is 1.22 bits per heavy atom. The van der Waals surface area contributed by atoms with Gasteiger partial charge in [-0.15, -0.1) is 0 Å². The van der Waals surface area contributed by atoms with Crippen LogP contribution in [0, 0.1) is 0 Å². The molecule has 0 saturated carbocycles. The van der Waals surface area contributed by atoms with Gasteiger partial charge in [0.1, 0.15) is 5.75 Å². The number of pyridine rings is 1. The fraction of sp³-hybridized carbons (Fsp3) is 0.333. The van der Waals surface area contributed by atoms with Gasteiger partial charge in [-0.25, -0.2) is 4.79 Å². The molecule has 2 rings (SSSR count). The standard InChI is InChI=1S/C18H23N3O2/c1-3-23-17-9-7-15(8-10-17)14-21(2)18(22)20-13-11-16-6-4-5-12-19-16/h4-10,12H,3,11,13-14H2,1-2H3,(H,20,22). The molecule has 2 aromatic rings. The monoisotopic (exact) mass is 313 g/mol. The van der Waals surface area contributed by atoms with Gasteiger partial charge < -0.3 is 15.0 Å². The molecule has 1 aromatic heterocycles. The minimum absolute atomic E-state index is 0.0881. The van der Waals surface area contributed by atoms with Crippen LogP contribution in [0.25, 0.3) is 0 Å². The van der Waals surface area contributed by atoms with Crippen LogP contribution >= 0.6 is 0 Å². The number of urea groups is 1. The van der Waals surface area contributed by atoms with E-state index in [1.807, 2.05) is 49.4 Å². The molecule has 0 bridgehead atoms. The first kappa shape index (κ1) is 16.8. The minimum atomic E-state index is -0.0881. The zero-order valence-electron chi connectivity index (χ0n) is 13.7. The van der Waals surface area contributed by atoms with E-state index < -0.39 is 0 Å². The molecule has 0 radical (unpaired) electrons. The van der Waals surface area contributed by atoms with Gasteiger partial charge in [0.15, 0.2) is 0 Å². The van der Waals surface area contributed by atoms with E-state index in [1.54, 1.807) is 18.1 Å². The Morgan fingerprint density at radius 3 is 2.65 bits per heavy atom. The SMILES string of the molecule is CCOc1ccc(CN(C)C(=O)NCCc2ccccn2)cc1. The zero-order valence-corrected chi connectivity index (χ0v) is 13.7. The number of hydrogen-bond acceptors (Lipinski definition) is 3. The van der Waals surface area contributed by atoms with Gasteiger partial charge in [-0.2, -0.15) is 0 Å². The van der Waals surface area contributed by atoms with E-state index >= 15 is 0 Å². The second kappa shape index (κ2) is 8.78. The van der Waals surface area contributed by atoms with Gasteiger partial charge in [0.25, 0.3) is 0 Å². The number of ether oxygens (including phenoxy) is 1. The van der Waals surface area contributed by atoms with E-state index in [0.29, 0.717) is 19.7 Å². The lowest BCUT2D eigenvalue weighted by Gasteiger charge is -2.18. The molecule has 1 N–H and O–H groups in total. The van der Waals surface area contributed by atoms with Crippen molar-refractivity contribution in [2.75, 3.05) is 20.2 Å². The van der Waals surface area contributed by atoms with Gasteiger partial charge in [-0.05, 0) is 36.8 Å². The van der Waals surface area contributed by atoms with Crippen molar-refractivity contribution < 1.29 is 9.53 Å². The summed E-state index contributed by atoms with van der Waals surface area (Å²) in [6, 6.07) is 13.5. The fourth-order valence-corrected chi connectivity index (χ4v) is 2.18. The Balaban J connectivity index is 1.75. The van der Waals surface area contributed by atoms with Crippen LogP contribution < -0.4 is 10.1 Å². The van der Waals surface area contributed by atoms with Crippen LogP contribution in [-0.2, 0) is 13.0 Å². The Labute approximate surface area is 137 Å². The smallest absolute Gasteiger partial charge is 0.317 e. The average Bonchev–Trinajstić information content (AvgIpc) is 2.57. The molecular weight excluding hydrogens is 290 g/mol. The first-order chi connectivity index (χ1) is 11.2. The molecule has 0 unspecified atom stereocenters. The zero-order chi connectivity index (χ0) is 16.5. The molecule has 122 valence electrons. The number of rotatable bonds is 7. The van der Waals surface area contributed by atoms with Crippen LogP contribution in [0.5, 0.6) is 5.75 Å². The Bertz CT molecular complexity index is 599. The summed E-state index contributed by atoms with van der Waals surface area (Å²) in [4.78, 5) is 18.0. The lowest BCUT2D eigenvalue weighted by atomic mass is 10.2. The van der Waals surface area contributed by atoms with Crippen LogP contribution in [0.15, 0.2) is 48.7 Å². The molecule has 23 heavy (non-hydrogen) atoms. The van der Waals surface area contributed by atoms with E-state index in [4.69, 9.17) is 4.74 Å². The summed E-state index contributed by atoms with van der Waals surface area (Å²) in [5.74, 6) is 0.846. The second-order valence-corrected chi connectivity index (χ2v) is 5.24. The van der Waals surface area contributed by atoms with E-state index in [0.717, 1.165) is 23.4 Å². The molecule has 0 spiro atoms. The minimum Gasteiger partial charge on any atom is -0.494 e. The van der Waals surface area contributed by atoms with Crippen LogP contribution in [0.2, 0.25) is 0 Å². The molecular formula is C18H23N3O2. The van der Waals surface area contributed by atoms with Crippen molar-refractivity contribution in [3.8, 4) is 5.75 Å². The van der Waals surface area contributed by atoms with Crippen molar-refractivity contribution >= 4 is 6.03 Å². The molecule has 0 saturated heterocycles. The summed E-state index contributed by atoms with van der Waals surface area (Å²) in [5, 5.41) is 2.91. The van der Waals surface area contributed by atoms with Crippen molar-refractivity contribution in [2.24, 2.45) is 0 Å². The molecule has 0 atom stereocenters. The highest BCUT2D eigenvalue weighted by atomic mass is 16.5. The summed E-state index contributed by atoms with van der Waals surface area (Å²) in [5.41, 5.74) is 2.04. The van der Waals surface area contributed by atoms with E-state index in [1.165, 1.54) is 0 Å². The van der Waals surface area contributed by atoms with Gasteiger partial charge >= 0.3 is 6.03 Å². The van der Waals surface area contributed by atoms with Crippen molar-refractivity contribution in [1.82, 2.24) is 15.2 Å². The summed E-state index contributed by atoms with van der Waals surface area (Å²) < 4.78 is 5.41. The Hall–Kier alpha value is -2.56. The van der Waals surface area contributed by atoms with E-state index in [9.17, 15) is 4.79 Å². The number of nitrogens with zero attached hydrogens (tertiary/aromatic N) is 2. The average molecular weight is 313 g/mol. The number of benzene rings is 1. The normalized spacial score (nSPS) is 10.2. The number of aromatic nitrogens is 1. The molecule has 5 nitrogen and oxygen atoms in total. The summed E-state index contributed by atoms with van der Waals surface area (Å²) in [6.07, 6.45) is 2.48. The third-order valence-electron chi connectivity index (χ3n) is 3.38. The lowest BCUT2D eigenvalue weighted by Crippen LogP contribution is -2.37. The van der Waals surface area contributed by atoms with Gasteiger partial charge in [-0.1, -0.05) is 18.2 Å². The highest BCUT2D eigenvalue weighted by molar-refractivity contribution is 5.73. The fourth-order valence-electron chi connectivity index (χ4n) is 2.18. The second-order valence-electron chi connectivity index (χ2n) is 5.24. The van der Waals surface area contributed by atoms with Crippen LogP contribution in [0.3, 0.4) is 0 Å². The van der Waals surface area contributed by atoms with Crippen molar-refractivity contribution in [3.63, 3.8) is 0 Å². The van der Waals surface area contributed by atoms with Gasteiger partial charge in [0, 0.05) is 38.4 Å². The number of carbonyl (C=O) groups excluding carboxylic acids is 1. The maximum Gasteiger partial charge on any atom is 0.317 e. The van der Waals surface area contributed by atoms with Gasteiger partial charge in [-0.3, -0.25) is 4.98 Å². The van der Waals surface area contributed by atoms with E-state index in [2.05, 4.69) is 10.3 Å². The predicted octanol–water partition coefficient (Wildman–Crippen LogP) is 2.86. The molecule has 1 heterocycles. The number of nitrogens with one attached hydrogen (secondary N) is 1. The van der Waals surface area contributed by atoms with Gasteiger partial charge in [0.2, 0.25) is 0 Å². The third kappa shape index (κ3) is 5.62. The van der Waals surface area contributed by atoms with Crippen LogP contribution in [0.4, 0.5) is 4.79 Å². The number of carbonyl (C=O) groups is 1. The molecule has 5 heteroatoms. The van der Waals surface area contributed by atoms with Crippen molar-refractivity contribution in [2.45, 2.75) is 19.9 Å². The Kier molecular flexibility index (Phi) is 6.41. The molecule has 2 amide bonds. The molecule has 0 aliphatic heterocycles. The maximum atomic E-state index is 12.1. The van der Waals surface area contributed by atoms with E-state index in [-0.39, 0.29) is 6.03 Å². The third-order valence-corrected chi connectivity index (χ3v) is 3.38. The summed E-state index contributed by atoms with van der Waals surface area (Å²) in [6.45, 7) is 3.74. The largest absolute Gasteiger partial charge is 0.494 e. The maximum absolute atomic E-state index is 12.1. The summed E-state index contributed by atoms with van der Waals surface area (Å²) in [7, 11) is 1.78. The number of hydrogen-bond donors (Lipinski definition) is 1. The Morgan fingerprint density at radius 2 is 2.00 bits per heavy atom. The first-order valence-corrected chi connectivity index (χ1v) is 7.79. The lowest BCUT2D eigenvalue weighted by molar-refractivity contribution is 0.207. The molecule has 0 aliphatic carbocycles. The predicted molar refractivity (Wildman–Crippen MR) is 90.4 cm³/mol. The van der Waals surface area contributed by atoms with Gasteiger partial charge in [0.05, 0.1) is 6.61 Å². The van der Waals surface area contributed by atoms with Crippen molar-refractivity contribution in [1.29, 1.82) is 0 Å². The van der Waals surface area contributed by atoms with Crippen LogP contribution in [-0.4, -0.2) is 36.1 Å². The molecule has 0 fully saturated rings. The van der Waals surface area contributed by atoms with Crippen molar-refractivity contribution in [3.05, 3.63) is 59.9 Å². The highest BCUT2D eigenvalue weighted by Crippen LogP contribution is 2.13. The first-order valence-electron chi connectivity index (χ1n) is 7.79.